The first kappa shape index (κ1) is 20.9. The number of hydrogen-bond donors (Lipinski definition) is 2. The molecule has 0 unspecified atom stereocenters. The molecule has 0 saturated carbocycles. The lowest BCUT2D eigenvalue weighted by Crippen LogP contribution is -2.29. The summed E-state index contributed by atoms with van der Waals surface area (Å²) < 4.78 is 24.0. The van der Waals surface area contributed by atoms with Gasteiger partial charge in [-0.2, -0.15) is 0 Å². The van der Waals surface area contributed by atoms with E-state index in [4.69, 9.17) is 20.8 Å². The number of carbonyl (C=O) groups excluding carboxylic acids is 1. The number of aryl methyl sites for hydroxylation is 1. The molecule has 0 atom stereocenters. The predicted molar refractivity (Wildman–Crippen MR) is 117 cm³/mol. The number of carbonyl (C=O) groups is 1. The second-order valence-electron chi connectivity index (χ2n) is 7.26. The minimum atomic E-state index is -0.573. The number of amides is 1. The quantitative estimate of drug-likeness (QED) is 0.436. The molecular formula is C23H20ClFN2O4. The average Bonchev–Trinajstić information content (AvgIpc) is 3.13. The van der Waals surface area contributed by atoms with Crippen molar-refractivity contribution in [1.82, 2.24) is 10.3 Å². The number of rotatable bonds is 6. The summed E-state index contributed by atoms with van der Waals surface area (Å²) in [4.78, 5) is 28.0. The number of ether oxygens (including phenoxy) is 1. The molecule has 0 aliphatic rings. The molecule has 160 valence electrons. The zero-order valence-corrected chi connectivity index (χ0v) is 17.7. The molecule has 0 spiro atoms. The topological polar surface area (TPSA) is 84.3 Å². The minimum Gasteiger partial charge on any atom is -0.495 e. The fourth-order valence-corrected chi connectivity index (χ4v) is 3.91. The Balaban J connectivity index is 1.48. The SMILES string of the molecule is COc1cc2oc(=O)c(CC(=O)NCCc3c[nH]c4ccc(F)cc34)c(C)c2cc1Cl. The van der Waals surface area contributed by atoms with E-state index in [2.05, 4.69) is 10.3 Å². The Bertz CT molecular complexity index is 1360. The van der Waals surface area contributed by atoms with E-state index in [9.17, 15) is 14.0 Å². The van der Waals surface area contributed by atoms with E-state index >= 15 is 0 Å². The van der Waals surface area contributed by atoms with Gasteiger partial charge in [0.25, 0.3) is 0 Å². The Labute approximate surface area is 182 Å². The van der Waals surface area contributed by atoms with Crippen LogP contribution >= 0.6 is 11.6 Å². The molecule has 8 heteroatoms. The number of aromatic amines is 1. The largest absolute Gasteiger partial charge is 0.495 e. The van der Waals surface area contributed by atoms with E-state index in [1.165, 1.54) is 19.2 Å². The molecular weight excluding hydrogens is 423 g/mol. The van der Waals surface area contributed by atoms with Gasteiger partial charge in [-0.1, -0.05) is 11.6 Å². The van der Waals surface area contributed by atoms with Crippen LogP contribution in [0.25, 0.3) is 21.9 Å². The van der Waals surface area contributed by atoms with Gasteiger partial charge in [0, 0.05) is 35.1 Å². The third-order valence-corrected chi connectivity index (χ3v) is 5.64. The summed E-state index contributed by atoms with van der Waals surface area (Å²) >= 11 is 6.19. The van der Waals surface area contributed by atoms with Gasteiger partial charge >= 0.3 is 5.63 Å². The molecule has 4 rings (SSSR count). The molecule has 0 fully saturated rings. The number of hydrogen-bond acceptors (Lipinski definition) is 4. The Morgan fingerprint density at radius 2 is 2.06 bits per heavy atom. The molecule has 2 aromatic carbocycles. The predicted octanol–water partition coefficient (Wildman–Crippen LogP) is 4.29. The number of nitrogens with one attached hydrogen (secondary N) is 2. The van der Waals surface area contributed by atoms with Gasteiger partial charge in [0.05, 0.1) is 24.1 Å². The van der Waals surface area contributed by atoms with E-state index in [0.717, 1.165) is 16.5 Å². The average molecular weight is 443 g/mol. The third kappa shape index (κ3) is 4.14. The number of H-pyrrole nitrogens is 1. The van der Waals surface area contributed by atoms with E-state index in [1.54, 1.807) is 31.3 Å². The Morgan fingerprint density at radius 3 is 2.84 bits per heavy atom. The zero-order valence-electron chi connectivity index (χ0n) is 17.0. The molecule has 0 saturated heterocycles. The molecule has 0 aliphatic carbocycles. The van der Waals surface area contributed by atoms with Gasteiger partial charge in [-0.15, -0.1) is 0 Å². The summed E-state index contributed by atoms with van der Waals surface area (Å²) in [6, 6.07) is 7.75. The lowest BCUT2D eigenvalue weighted by Gasteiger charge is -2.10. The number of aromatic nitrogens is 1. The van der Waals surface area contributed by atoms with Crippen molar-refractivity contribution in [2.24, 2.45) is 0 Å². The second kappa shape index (κ2) is 8.43. The molecule has 2 aromatic heterocycles. The van der Waals surface area contributed by atoms with Crippen molar-refractivity contribution < 1.29 is 18.3 Å². The van der Waals surface area contributed by atoms with E-state index in [0.29, 0.717) is 40.3 Å². The molecule has 0 bridgehead atoms. The van der Waals surface area contributed by atoms with Gasteiger partial charge in [-0.05, 0) is 48.7 Å². The molecule has 6 nitrogen and oxygen atoms in total. The maximum Gasteiger partial charge on any atom is 0.340 e. The van der Waals surface area contributed by atoms with Crippen LogP contribution in [-0.4, -0.2) is 24.5 Å². The summed E-state index contributed by atoms with van der Waals surface area (Å²) in [5.41, 5.74) is 2.43. The van der Waals surface area contributed by atoms with Gasteiger partial charge in [0.1, 0.15) is 17.1 Å². The van der Waals surface area contributed by atoms with Crippen molar-refractivity contribution >= 4 is 39.4 Å². The fraction of sp³-hybridized carbons (Fsp3) is 0.217. The highest BCUT2D eigenvalue weighted by Gasteiger charge is 2.17. The van der Waals surface area contributed by atoms with Gasteiger partial charge in [0.2, 0.25) is 5.91 Å². The summed E-state index contributed by atoms with van der Waals surface area (Å²) in [7, 11) is 1.48. The number of halogens is 2. The van der Waals surface area contributed by atoms with E-state index in [-0.39, 0.29) is 23.7 Å². The van der Waals surface area contributed by atoms with E-state index in [1.807, 2.05) is 0 Å². The smallest absolute Gasteiger partial charge is 0.340 e. The lowest BCUT2D eigenvalue weighted by atomic mass is 10.0. The number of fused-ring (bicyclic) bond motifs is 2. The zero-order chi connectivity index (χ0) is 22.1. The first-order chi connectivity index (χ1) is 14.9. The molecule has 4 aromatic rings. The summed E-state index contributed by atoms with van der Waals surface area (Å²) in [5, 5.41) is 4.63. The summed E-state index contributed by atoms with van der Waals surface area (Å²) in [6.07, 6.45) is 2.21. The second-order valence-corrected chi connectivity index (χ2v) is 7.66. The molecule has 0 aliphatic heterocycles. The first-order valence-electron chi connectivity index (χ1n) is 9.69. The third-order valence-electron chi connectivity index (χ3n) is 5.34. The molecule has 2 heterocycles. The Kier molecular flexibility index (Phi) is 5.69. The highest BCUT2D eigenvalue weighted by Crippen LogP contribution is 2.31. The van der Waals surface area contributed by atoms with Crippen molar-refractivity contribution in [3.8, 4) is 5.75 Å². The Morgan fingerprint density at radius 1 is 1.26 bits per heavy atom. The van der Waals surface area contributed by atoms with Crippen LogP contribution in [0.5, 0.6) is 5.75 Å². The summed E-state index contributed by atoms with van der Waals surface area (Å²) in [6.45, 7) is 2.11. The van der Waals surface area contributed by atoms with Gasteiger partial charge < -0.3 is 19.5 Å². The minimum absolute atomic E-state index is 0.115. The molecule has 1 amide bonds. The van der Waals surface area contributed by atoms with Crippen molar-refractivity contribution in [3.05, 3.63) is 74.5 Å². The first-order valence-corrected chi connectivity index (χ1v) is 10.1. The van der Waals surface area contributed by atoms with Crippen molar-refractivity contribution in [2.45, 2.75) is 19.8 Å². The molecule has 0 radical (unpaired) electrons. The monoisotopic (exact) mass is 442 g/mol. The van der Waals surface area contributed by atoms with Crippen LogP contribution in [0.2, 0.25) is 5.02 Å². The van der Waals surface area contributed by atoms with Crippen molar-refractivity contribution in [1.29, 1.82) is 0 Å². The lowest BCUT2D eigenvalue weighted by molar-refractivity contribution is -0.120. The van der Waals surface area contributed by atoms with Crippen molar-refractivity contribution in [2.75, 3.05) is 13.7 Å². The fourth-order valence-electron chi connectivity index (χ4n) is 3.67. The maximum absolute atomic E-state index is 13.5. The molecule has 31 heavy (non-hydrogen) atoms. The van der Waals surface area contributed by atoms with Crippen LogP contribution in [0.4, 0.5) is 4.39 Å². The highest BCUT2D eigenvalue weighted by molar-refractivity contribution is 6.32. The van der Waals surface area contributed by atoms with Gasteiger partial charge in [-0.25, -0.2) is 9.18 Å². The normalized spacial score (nSPS) is 11.2. The van der Waals surface area contributed by atoms with Crippen LogP contribution in [0.3, 0.4) is 0 Å². The highest BCUT2D eigenvalue weighted by atomic mass is 35.5. The Hall–Kier alpha value is -3.32. The maximum atomic E-state index is 13.5. The van der Waals surface area contributed by atoms with Crippen LogP contribution in [-0.2, 0) is 17.6 Å². The number of methoxy groups -OCH3 is 1. The van der Waals surface area contributed by atoms with Crippen LogP contribution < -0.4 is 15.7 Å². The van der Waals surface area contributed by atoms with Crippen LogP contribution in [0.1, 0.15) is 16.7 Å². The standard InChI is InChI=1S/C23H20ClFN2O4/c1-12-15-8-18(24)21(30-2)10-20(15)31-23(29)16(12)9-22(28)26-6-5-13-11-27-19-4-3-14(25)7-17(13)19/h3-4,7-8,10-11,27H,5-6,9H2,1-2H3,(H,26,28). The van der Waals surface area contributed by atoms with Gasteiger partial charge in [0.15, 0.2) is 0 Å². The van der Waals surface area contributed by atoms with Gasteiger partial charge in [-0.3, -0.25) is 4.79 Å². The van der Waals surface area contributed by atoms with E-state index < -0.39 is 5.63 Å². The summed E-state index contributed by atoms with van der Waals surface area (Å²) in [5.74, 6) is -0.214. The van der Waals surface area contributed by atoms with Crippen LogP contribution in [0.15, 0.2) is 45.7 Å². The van der Waals surface area contributed by atoms with Crippen molar-refractivity contribution in [3.63, 3.8) is 0 Å². The molecule has 2 N–H and O–H groups in total. The van der Waals surface area contributed by atoms with Crippen LogP contribution in [0, 0.1) is 12.7 Å². The number of benzene rings is 2.